The zero-order valence-corrected chi connectivity index (χ0v) is 27.0. The molecule has 294 valence electrons. The quantitative estimate of drug-likeness (QED) is 0.123. The summed E-state index contributed by atoms with van der Waals surface area (Å²) in [6.07, 6.45) is -33.9. The van der Waals surface area contributed by atoms with E-state index in [-0.39, 0.29) is 42.8 Å². The molecule has 0 saturated carbocycles. The number of halogens is 18. The van der Waals surface area contributed by atoms with Crippen molar-refractivity contribution in [1.29, 1.82) is 0 Å². The topological polar surface area (TPSA) is 27.7 Å². The third-order valence-corrected chi connectivity index (χ3v) is 7.24. The summed E-state index contributed by atoms with van der Waals surface area (Å²) in [4.78, 5) is 0. The predicted molar refractivity (Wildman–Crippen MR) is 148 cm³/mol. The molecule has 0 radical (unpaired) electrons. The Balaban J connectivity index is 2.44. The van der Waals surface area contributed by atoms with Crippen molar-refractivity contribution in [3.63, 3.8) is 0 Å². The lowest BCUT2D eigenvalue weighted by Crippen LogP contribution is -2.41. The Bertz CT molecular complexity index is 1630. The van der Waals surface area contributed by atoms with Crippen molar-refractivity contribution < 1.29 is 97.5 Å². The minimum absolute atomic E-state index is 0.0941. The molecule has 0 bridgehead atoms. The summed E-state index contributed by atoms with van der Waals surface area (Å²) in [5.41, 5.74) is -13.6. The van der Waals surface area contributed by atoms with Crippen LogP contribution in [-0.4, -0.2) is 32.9 Å². The van der Waals surface area contributed by atoms with Crippen LogP contribution in [0.1, 0.15) is 58.3 Å². The standard InChI is InChI=1S/C30H23BF18NO3/c1-5-22(50(2,3)4)24-21(30(47,48)49)12-18(29(44,45)46)13-23(24)53-31(51-19-8-14(25(32,33)34)6-15(9-19)26(35,36)37)52-20-10-16(27(38,39)40)7-17(11-20)28(41,42)43/h6-13,22H,5H2,1-4H3/q+1. The first-order valence-corrected chi connectivity index (χ1v) is 14.3. The molecule has 0 heterocycles. The van der Waals surface area contributed by atoms with Crippen LogP contribution in [0.3, 0.4) is 0 Å². The van der Waals surface area contributed by atoms with Crippen LogP contribution in [0.2, 0.25) is 0 Å². The highest BCUT2D eigenvalue weighted by Crippen LogP contribution is 2.47. The smallest absolute Gasteiger partial charge is 0.490 e. The number of benzene rings is 3. The van der Waals surface area contributed by atoms with Crippen molar-refractivity contribution >= 4 is 7.32 Å². The molecule has 1 unspecified atom stereocenters. The number of nitrogens with zero attached hydrogens (tertiary/aromatic N) is 1. The molecule has 0 N–H and O–H groups in total. The highest BCUT2D eigenvalue weighted by molar-refractivity contribution is 6.39. The Hall–Kier alpha value is -4.18. The summed E-state index contributed by atoms with van der Waals surface area (Å²) in [6.45, 7) is 1.27. The molecule has 0 aromatic heterocycles. The molecule has 0 aliphatic carbocycles. The summed E-state index contributed by atoms with van der Waals surface area (Å²) in [7, 11) is 0.534. The zero-order chi connectivity index (χ0) is 40.9. The van der Waals surface area contributed by atoms with Gasteiger partial charge in [-0.15, -0.1) is 0 Å². The molecule has 0 aliphatic heterocycles. The lowest BCUT2D eigenvalue weighted by molar-refractivity contribution is -0.902. The van der Waals surface area contributed by atoms with Crippen LogP contribution in [0.5, 0.6) is 17.2 Å². The van der Waals surface area contributed by atoms with Crippen molar-refractivity contribution in [3.8, 4) is 17.2 Å². The van der Waals surface area contributed by atoms with Gasteiger partial charge in [0.05, 0.1) is 60.1 Å². The third-order valence-electron chi connectivity index (χ3n) is 7.24. The zero-order valence-electron chi connectivity index (χ0n) is 27.0. The SMILES string of the molecule is CCC(c1c(OB(Oc2cc(C(F)(F)F)cc(C(F)(F)F)c2)Oc2cc(C(F)(F)F)cc(C(F)(F)F)c2)cc(C(F)(F)F)cc1C(F)(F)F)[N+](C)(C)C. The number of hydrogen-bond acceptors (Lipinski definition) is 3. The largest absolute Gasteiger partial charge is 0.864 e. The summed E-state index contributed by atoms with van der Waals surface area (Å²) in [5, 5.41) is 0. The van der Waals surface area contributed by atoms with Crippen LogP contribution in [0.25, 0.3) is 0 Å². The van der Waals surface area contributed by atoms with E-state index in [0.717, 1.165) is 0 Å². The molecule has 0 aliphatic rings. The molecular weight excluding hydrogens is 775 g/mol. The van der Waals surface area contributed by atoms with Gasteiger partial charge >= 0.3 is 44.4 Å². The van der Waals surface area contributed by atoms with Gasteiger partial charge in [-0.05, 0) is 48.5 Å². The first-order valence-electron chi connectivity index (χ1n) is 14.3. The average molecular weight is 798 g/mol. The van der Waals surface area contributed by atoms with Crippen molar-refractivity contribution in [3.05, 3.63) is 87.5 Å². The molecule has 1 atom stereocenters. The van der Waals surface area contributed by atoms with E-state index in [0.29, 0.717) is 0 Å². The van der Waals surface area contributed by atoms with Crippen molar-refractivity contribution in [1.82, 2.24) is 0 Å². The molecule has 0 fully saturated rings. The van der Waals surface area contributed by atoms with Crippen molar-refractivity contribution in [2.45, 2.75) is 56.4 Å². The monoisotopic (exact) mass is 798 g/mol. The number of hydrogen-bond donors (Lipinski definition) is 0. The molecule has 3 rings (SSSR count). The van der Waals surface area contributed by atoms with Gasteiger partial charge in [0.15, 0.2) is 0 Å². The van der Waals surface area contributed by atoms with Crippen molar-refractivity contribution in [2.24, 2.45) is 0 Å². The van der Waals surface area contributed by atoms with Gasteiger partial charge in [0.2, 0.25) is 0 Å². The summed E-state index contributed by atoms with van der Waals surface area (Å²) in [6, 6.07) is -3.52. The normalized spacial score (nSPS) is 14.2. The molecule has 0 spiro atoms. The summed E-state index contributed by atoms with van der Waals surface area (Å²) in [5.74, 6) is -4.70. The van der Waals surface area contributed by atoms with E-state index >= 15 is 0 Å². The van der Waals surface area contributed by atoms with E-state index in [1.807, 2.05) is 0 Å². The second-order valence-corrected chi connectivity index (χ2v) is 12.1. The van der Waals surface area contributed by atoms with E-state index in [1.54, 1.807) is 0 Å². The summed E-state index contributed by atoms with van der Waals surface area (Å²) < 4.78 is 262. The van der Waals surface area contributed by atoms with Crippen LogP contribution < -0.4 is 14.0 Å². The molecule has 3 aromatic carbocycles. The number of alkyl halides is 18. The minimum atomic E-state index is -5.63. The van der Waals surface area contributed by atoms with Crippen LogP contribution in [-0.2, 0) is 37.1 Å². The van der Waals surface area contributed by atoms with Gasteiger partial charge in [-0.1, -0.05) is 6.92 Å². The molecule has 4 nitrogen and oxygen atoms in total. The Morgan fingerprint density at radius 3 is 1.06 bits per heavy atom. The van der Waals surface area contributed by atoms with E-state index in [2.05, 4.69) is 0 Å². The van der Waals surface area contributed by atoms with Crippen LogP contribution in [0.4, 0.5) is 79.0 Å². The minimum Gasteiger partial charge on any atom is -0.490 e. The van der Waals surface area contributed by atoms with Gasteiger partial charge in [-0.25, -0.2) is 0 Å². The maximum absolute atomic E-state index is 14.4. The third kappa shape index (κ3) is 10.9. The molecular formula is C30H23BF18NO3+. The fourth-order valence-electron chi connectivity index (χ4n) is 4.99. The molecule has 0 saturated heterocycles. The molecule has 23 heteroatoms. The Kier molecular flexibility index (Phi) is 11.6. The lowest BCUT2D eigenvalue weighted by atomic mass is 9.92. The second-order valence-electron chi connectivity index (χ2n) is 12.1. The second kappa shape index (κ2) is 14.2. The molecule has 3 aromatic rings. The van der Waals surface area contributed by atoms with Crippen LogP contribution >= 0.6 is 0 Å². The fourth-order valence-corrected chi connectivity index (χ4v) is 4.99. The van der Waals surface area contributed by atoms with Gasteiger partial charge in [-0.2, -0.15) is 79.0 Å². The van der Waals surface area contributed by atoms with Gasteiger partial charge < -0.3 is 18.4 Å². The Labute approximate surface area is 287 Å². The first kappa shape index (κ1) is 43.2. The van der Waals surface area contributed by atoms with E-state index in [9.17, 15) is 79.0 Å². The molecule has 53 heavy (non-hydrogen) atoms. The number of rotatable bonds is 9. The van der Waals surface area contributed by atoms with Gasteiger partial charge in [0, 0.05) is 6.42 Å². The van der Waals surface area contributed by atoms with Gasteiger partial charge in [0.25, 0.3) is 0 Å². The maximum atomic E-state index is 14.4. The lowest BCUT2D eigenvalue weighted by Gasteiger charge is -2.36. The highest BCUT2D eigenvalue weighted by atomic mass is 19.4. The summed E-state index contributed by atoms with van der Waals surface area (Å²) >= 11 is 0. The van der Waals surface area contributed by atoms with E-state index in [4.69, 9.17) is 14.0 Å². The Morgan fingerprint density at radius 2 is 0.792 bits per heavy atom. The Morgan fingerprint density at radius 1 is 0.472 bits per heavy atom. The van der Waals surface area contributed by atoms with Crippen LogP contribution in [0.15, 0.2) is 48.5 Å². The fraction of sp³-hybridized carbons (Fsp3) is 0.400. The van der Waals surface area contributed by atoms with Gasteiger partial charge in [-0.3, -0.25) is 0 Å². The van der Waals surface area contributed by atoms with Crippen molar-refractivity contribution in [2.75, 3.05) is 21.1 Å². The van der Waals surface area contributed by atoms with Crippen LogP contribution in [0, 0.1) is 0 Å². The number of quaternary nitrogens is 1. The highest BCUT2D eigenvalue weighted by Gasteiger charge is 2.47. The predicted octanol–water partition coefficient (Wildman–Crippen LogP) is 11.5. The van der Waals surface area contributed by atoms with Gasteiger partial charge in [0.1, 0.15) is 23.3 Å². The molecule has 0 amide bonds. The van der Waals surface area contributed by atoms with E-state index in [1.165, 1.54) is 28.1 Å². The maximum Gasteiger partial charge on any atom is 0.864 e. The average Bonchev–Trinajstić information content (AvgIpc) is 2.94. The first-order chi connectivity index (χ1) is 23.6. The van der Waals surface area contributed by atoms with E-state index < -0.39 is 123 Å².